The van der Waals surface area contributed by atoms with Crippen LogP contribution in [0, 0.1) is 17.8 Å². The molecular weight excluding hydrogens is 190 g/mol. The van der Waals surface area contributed by atoms with E-state index in [0.29, 0.717) is 0 Å². The normalized spacial score (nSPS) is 39.7. The number of alkyl halides is 2. The first-order valence-electron chi connectivity index (χ1n) is 5.07. The fourth-order valence-electron chi connectivity index (χ4n) is 3.13. The van der Waals surface area contributed by atoms with Gasteiger partial charge in [0.25, 0.3) is 0 Å². The van der Waals surface area contributed by atoms with Gasteiger partial charge in [0.15, 0.2) is 0 Å². The highest BCUT2D eigenvalue weighted by Gasteiger charge is 2.50. The molecule has 1 N–H and O–H groups in total. The summed E-state index contributed by atoms with van der Waals surface area (Å²) in [6, 6.07) is 0. The molecule has 2 bridgehead atoms. The number of halogens is 2. The van der Waals surface area contributed by atoms with E-state index in [4.69, 9.17) is 5.11 Å². The molecule has 2 atom stereocenters. The monoisotopic (exact) mass is 204 g/mol. The Morgan fingerprint density at radius 1 is 1.29 bits per heavy atom. The maximum Gasteiger partial charge on any atom is 0.303 e. The average molecular weight is 204 g/mol. The predicted octanol–water partition coefficient (Wildman–Crippen LogP) is 2.53. The smallest absolute Gasteiger partial charge is 0.303 e. The Labute approximate surface area is 81.3 Å². The van der Waals surface area contributed by atoms with Crippen LogP contribution < -0.4 is 0 Å². The van der Waals surface area contributed by atoms with Crippen molar-refractivity contribution in [2.45, 2.75) is 38.0 Å². The Bertz CT molecular complexity index is 237. The molecule has 4 heteroatoms. The number of carboxylic acid groups (broad SMARTS) is 1. The van der Waals surface area contributed by atoms with E-state index in [1.807, 2.05) is 0 Å². The highest BCUT2D eigenvalue weighted by molar-refractivity contribution is 5.67. The van der Waals surface area contributed by atoms with Crippen molar-refractivity contribution in [3.63, 3.8) is 0 Å². The Balaban J connectivity index is 2.06. The van der Waals surface area contributed by atoms with Crippen LogP contribution in [0.25, 0.3) is 0 Å². The van der Waals surface area contributed by atoms with Gasteiger partial charge in [-0.2, -0.15) is 0 Å². The van der Waals surface area contributed by atoms with Gasteiger partial charge in [-0.25, -0.2) is 8.78 Å². The third-order valence-corrected chi connectivity index (χ3v) is 3.65. The minimum Gasteiger partial charge on any atom is -0.481 e. The Kier molecular flexibility index (Phi) is 2.24. The van der Waals surface area contributed by atoms with Crippen molar-refractivity contribution in [2.75, 3.05) is 0 Å². The van der Waals surface area contributed by atoms with Crippen LogP contribution in [-0.4, -0.2) is 17.0 Å². The third-order valence-electron chi connectivity index (χ3n) is 3.65. The average Bonchev–Trinajstić information content (AvgIpc) is 2.31. The third kappa shape index (κ3) is 1.74. The summed E-state index contributed by atoms with van der Waals surface area (Å²) >= 11 is 0. The zero-order chi connectivity index (χ0) is 10.3. The van der Waals surface area contributed by atoms with E-state index in [1.54, 1.807) is 0 Å². The molecule has 0 spiro atoms. The van der Waals surface area contributed by atoms with Gasteiger partial charge in [0.05, 0.1) is 0 Å². The van der Waals surface area contributed by atoms with Crippen LogP contribution in [0.3, 0.4) is 0 Å². The molecule has 80 valence electrons. The van der Waals surface area contributed by atoms with E-state index in [2.05, 4.69) is 0 Å². The number of hydrogen-bond acceptors (Lipinski definition) is 1. The van der Waals surface area contributed by atoms with E-state index in [-0.39, 0.29) is 37.0 Å². The van der Waals surface area contributed by atoms with Crippen LogP contribution >= 0.6 is 0 Å². The molecule has 0 saturated heterocycles. The van der Waals surface area contributed by atoms with Gasteiger partial charge in [-0.1, -0.05) is 0 Å². The molecule has 0 radical (unpaired) electrons. The first-order valence-corrected chi connectivity index (χ1v) is 5.07. The van der Waals surface area contributed by atoms with Crippen LogP contribution in [0.2, 0.25) is 0 Å². The summed E-state index contributed by atoms with van der Waals surface area (Å²) in [5.41, 5.74) is 0. The summed E-state index contributed by atoms with van der Waals surface area (Å²) in [7, 11) is 0. The molecule has 2 rings (SSSR count). The highest BCUT2D eigenvalue weighted by atomic mass is 19.3. The minimum atomic E-state index is -2.54. The molecule has 0 aromatic heterocycles. The summed E-state index contributed by atoms with van der Waals surface area (Å²) in [6.07, 6.45) is 1.46. The lowest BCUT2D eigenvalue weighted by atomic mass is 9.75. The topological polar surface area (TPSA) is 37.3 Å². The largest absolute Gasteiger partial charge is 0.481 e. The van der Waals surface area contributed by atoms with Crippen molar-refractivity contribution >= 4 is 5.97 Å². The molecule has 2 fully saturated rings. The van der Waals surface area contributed by atoms with Crippen LogP contribution in [0.4, 0.5) is 8.78 Å². The number of aliphatic carboxylic acids is 1. The van der Waals surface area contributed by atoms with E-state index >= 15 is 0 Å². The lowest BCUT2D eigenvalue weighted by Crippen LogP contribution is -2.34. The summed E-state index contributed by atoms with van der Waals surface area (Å²) in [5.74, 6) is -3.50. The summed E-state index contributed by atoms with van der Waals surface area (Å²) in [6.45, 7) is 0. The van der Waals surface area contributed by atoms with Crippen LogP contribution in [0.1, 0.15) is 32.1 Å². The fraction of sp³-hybridized carbons (Fsp3) is 0.900. The van der Waals surface area contributed by atoms with Crippen molar-refractivity contribution in [2.24, 2.45) is 17.8 Å². The van der Waals surface area contributed by atoms with Crippen molar-refractivity contribution in [1.29, 1.82) is 0 Å². The molecule has 0 heterocycles. The highest BCUT2D eigenvalue weighted by Crippen LogP contribution is 2.53. The zero-order valence-electron chi connectivity index (χ0n) is 7.88. The molecular formula is C10H14F2O2. The van der Waals surface area contributed by atoms with Crippen molar-refractivity contribution < 1.29 is 18.7 Å². The molecule has 14 heavy (non-hydrogen) atoms. The van der Waals surface area contributed by atoms with Gasteiger partial charge >= 0.3 is 5.97 Å². The molecule has 0 aromatic rings. The quantitative estimate of drug-likeness (QED) is 0.750. The van der Waals surface area contributed by atoms with E-state index < -0.39 is 11.9 Å². The molecule has 0 aromatic carbocycles. The number of carboxylic acids is 1. The van der Waals surface area contributed by atoms with Gasteiger partial charge in [-0.05, 0) is 30.6 Å². The molecule has 2 aliphatic rings. The van der Waals surface area contributed by atoms with Gasteiger partial charge in [0, 0.05) is 19.3 Å². The number of carbonyl (C=O) groups is 1. The molecule has 2 unspecified atom stereocenters. The number of fused-ring (bicyclic) bond motifs is 2. The van der Waals surface area contributed by atoms with Gasteiger partial charge < -0.3 is 5.11 Å². The molecule has 0 aliphatic heterocycles. The SMILES string of the molecule is O=C(O)CC1C2CCC1CC(F)(F)C2. The predicted molar refractivity (Wildman–Crippen MR) is 46.1 cm³/mol. The van der Waals surface area contributed by atoms with E-state index in [9.17, 15) is 13.6 Å². The summed E-state index contributed by atoms with van der Waals surface area (Å²) in [4.78, 5) is 10.6. The Hall–Kier alpha value is -0.670. The second kappa shape index (κ2) is 3.17. The maximum absolute atomic E-state index is 13.1. The molecule has 2 nitrogen and oxygen atoms in total. The lowest BCUT2D eigenvalue weighted by molar-refractivity contribution is -0.141. The Morgan fingerprint density at radius 2 is 1.79 bits per heavy atom. The van der Waals surface area contributed by atoms with Gasteiger partial charge in [-0.3, -0.25) is 4.79 Å². The van der Waals surface area contributed by atoms with Crippen LogP contribution in [0.5, 0.6) is 0 Å². The van der Waals surface area contributed by atoms with E-state index in [1.165, 1.54) is 0 Å². The lowest BCUT2D eigenvalue weighted by Gasteiger charge is -2.34. The first kappa shape index (κ1) is 9.87. The molecule has 2 saturated carbocycles. The summed E-state index contributed by atoms with van der Waals surface area (Å²) in [5, 5.41) is 8.67. The fourth-order valence-corrected chi connectivity index (χ4v) is 3.13. The second-order valence-corrected chi connectivity index (χ2v) is 4.62. The van der Waals surface area contributed by atoms with Gasteiger partial charge in [0.2, 0.25) is 5.92 Å². The standard InChI is InChI=1S/C10H14F2O2/c11-10(12)4-6-1-2-7(5-10)8(6)3-9(13)14/h6-8H,1-5H2,(H,13,14). The molecule has 0 amide bonds. The van der Waals surface area contributed by atoms with Crippen molar-refractivity contribution in [1.82, 2.24) is 0 Å². The maximum atomic E-state index is 13.1. The van der Waals surface area contributed by atoms with Crippen molar-refractivity contribution in [3.8, 4) is 0 Å². The van der Waals surface area contributed by atoms with Gasteiger partial charge in [0.1, 0.15) is 0 Å². The Morgan fingerprint density at radius 3 is 2.21 bits per heavy atom. The van der Waals surface area contributed by atoms with Gasteiger partial charge in [-0.15, -0.1) is 0 Å². The number of hydrogen-bond donors (Lipinski definition) is 1. The summed E-state index contributed by atoms with van der Waals surface area (Å²) < 4.78 is 26.2. The van der Waals surface area contributed by atoms with Crippen molar-refractivity contribution in [3.05, 3.63) is 0 Å². The number of rotatable bonds is 2. The first-order chi connectivity index (χ1) is 6.48. The second-order valence-electron chi connectivity index (χ2n) is 4.62. The van der Waals surface area contributed by atoms with E-state index in [0.717, 1.165) is 12.8 Å². The van der Waals surface area contributed by atoms with Crippen LogP contribution in [-0.2, 0) is 4.79 Å². The molecule has 2 aliphatic carbocycles. The minimum absolute atomic E-state index is 0.00660. The zero-order valence-corrected chi connectivity index (χ0v) is 7.88. The van der Waals surface area contributed by atoms with Crippen LogP contribution in [0.15, 0.2) is 0 Å².